The number of carbonyl (C=O) groups is 2. The number of likely N-dealkylation sites (tertiary alicyclic amines) is 1. The van der Waals surface area contributed by atoms with Crippen LogP contribution in [0.5, 0.6) is 0 Å². The van der Waals surface area contributed by atoms with E-state index in [-0.39, 0.29) is 23.7 Å². The molecule has 0 spiro atoms. The first kappa shape index (κ1) is 14.4. The van der Waals surface area contributed by atoms with Gasteiger partial charge in [0.15, 0.2) is 0 Å². The third-order valence-corrected chi connectivity index (χ3v) is 5.00. The molecule has 1 saturated heterocycles. The van der Waals surface area contributed by atoms with E-state index < -0.39 is 11.9 Å². The van der Waals surface area contributed by atoms with Gasteiger partial charge in [-0.15, -0.1) is 0 Å². The van der Waals surface area contributed by atoms with Crippen LogP contribution in [0.25, 0.3) is 0 Å². The largest absolute Gasteiger partial charge is 0.481 e. The molecule has 0 aromatic heterocycles. The van der Waals surface area contributed by atoms with Crippen molar-refractivity contribution in [3.05, 3.63) is 34.9 Å². The van der Waals surface area contributed by atoms with Crippen molar-refractivity contribution in [3.8, 4) is 0 Å². The van der Waals surface area contributed by atoms with Gasteiger partial charge in [0.2, 0.25) is 5.91 Å². The minimum Gasteiger partial charge on any atom is -0.481 e. The van der Waals surface area contributed by atoms with Crippen molar-refractivity contribution < 1.29 is 14.7 Å². The highest BCUT2D eigenvalue weighted by molar-refractivity contribution is 6.31. The van der Waals surface area contributed by atoms with Gasteiger partial charge >= 0.3 is 5.97 Å². The Morgan fingerprint density at radius 2 is 1.95 bits per heavy atom. The van der Waals surface area contributed by atoms with Crippen LogP contribution in [0.1, 0.15) is 24.8 Å². The Morgan fingerprint density at radius 3 is 2.57 bits per heavy atom. The third kappa shape index (κ3) is 2.64. The first-order chi connectivity index (χ1) is 9.99. The molecule has 4 nitrogen and oxygen atoms in total. The number of hydrogen-bond acceptors (Lipinski definition) is 2. The van der Waals surface area contributed by atoms with Gasteiger partial charge in [-0.1, -0.05) is 36.7 Å². The van der Waals surface area contributed by atoms with Crippen molar-refractivity contribution >= 4 is 23.5 Å². The number of carboxylic acids is 1. The number of hydrogen-bond donors (Lipinski definition) is 1. The van der Waals surface area contributed by atoms with Gasteiger partial charge in [-0.05, 0) is 29.9 Å². The molecule has 0 bridgehead atoms. The van der Waals surface area contributed by atoms with Gasteiger partial charge in [-0.3, -0.25) is 9.59 Å². The molecule has 1 heterocycles. The first-order valence-corrected chi connectivity index (χ1v) is 7.63. The summed E-state index contributed by atoms with van der Waals surface area (Å²) in [5, 5.41) is 9.85. The van der Waals surface area contributed by atoms with Crippen molar-refractivity contribution in [1.29, 1.82) is 0 Å². The SMILES string of the molecule is C[C@@H]1CN(C(=O)C2CC2c2ccccc2Cl)C[C@H]1C(=O)O. The van der Waals surface area contributed by atoms with E-state index in [0.29, 0.717) is 18.1 Å². The van der Waals surface area contributed by atoms with Crippen LogP contribution in [-0.2, 0) is 9.59 Å². The average molecular weight is 308 g/mol. The third-order valence-electron chi connectivity index (χ3n) is 4.65. The lowest BCUT2D eigenvalue weighted by molar-refractivity contribution is -0.142. The molecule has 4 atom stereocenters. The van der Waals surface area contributed by atoms with Crippen molar-refractivity contribution in [2.75, 3.05) is 13.1 Å². The fraction of sp³-hybridized carbons (Fsp3) is 0.500. The molecular formula is C16H18ClNO3. The van der Waals surface area contributed by atoms with Gasteiger partial charge in [-0.2, -0.15) is 0 Å². The second-order valence-electron chi connectivity index (χ2n) is 6.14. The van der Waals surface area contributed by atoms with Crippen LogP contribution in [0.2, 0.25) is 5.02 Å². The lowest BCUT2D eigenvalue weighted by atomic mass is 9.99. The summed E-state index contributed by atoms with van der Waals surface area (Å²) >= 11 is 6.17. The second-order valence-corrected chi connectivity index (χ2v) is 6.54. The Kier molecular flexibility index (Phi) is 3.66. The topological polar surface area (TPSA) is 57.6 Å². The fourth-order valence-electron chi connectivity index (χ4n) is 3.29. The minimum atomic E-state index is -0.809. The molecule has 1 amide bonds. The summed E-state index contributed by atoms with van der Waals surface area (Å²) in [7, 11) is 0. The lowest BCUT2D eigenvalue weighted by Gasteiger charge is -2.16. The normalized spacial score (nSPS) is 31.2. The van der Waals surface area contributed by atoms with E-state index in [1.54, 1.807) is 4.90 Å². The van der Waals surface area contributed by atoms with Crippen LogP contribution >= 0.6 is 11.6 Å². The maximum atomic E-state index is 12.5. The Bertz CT molecular complexity index is 589. The molecule has 1 saturated carbocycles. The number of aliphatic carboxylic acids is 1. The highest BCUT2D eigenvalue weighted by atomic mass is 35.5. The maximum absolute atomic E-state index is 12.5. The van der Waals surface area contributed by atoms with Crippen LogP contribution in [0.15, 0.2) is 24.3 Å². The molecule has 1 N–H and O–H groups in total. The molecule has 112 valence electrons. The summed E-state index contributed by atoms with van der Waals surface area (Å²) in [6, 6.07) is 7.62. The predicted molar refractivity (Wildman–Crippen MR) is 79.2 cm³/mol. The summed E-state index contributed by atoms with van der Waals surface area (Å²) in [6.45, 7) is 2.77. The van der Waals surface area contributed by atoms with Crippen LogP contribution < -0.4 is 0 Å². The van der Waals surface area contributed by atoms with E-state index in [9.17, 15) is 9.59 Å². The Labute approximate surface area is 128 Å². The fourth-order valence-corrected chi connectivity index (χ4v) is 3.57. The van der Waals surface area contributed by atoms with Crippen LogP contribution in [0.3, 0.4) is 0 Å². The molecule has 1 aromatic carbocycles. The van der Waals surface area contributed by atoms with Crippen LogP contribution in [-0.4, -0.2) is 35.0 Å². The zero-order chi connectivity index (χ0) is 15.1. The molecule has 1 aliphatic carbocycles. The summed E-state index contributed by atoms with van der Waals surface area (Å²) in [5.74, 6) is -1.00. The van der Waals surface area contributed by atoms with E-state index >= 15 is 0 Å². The summed E-state index contributed by atoms with van der Waals surface area (Å²) in [5.41, 5.74) is 1.03. The average Bonchev–Trinajstić information content (AvgIpc) is 3.13. The molecule has 5 heteroatoms. The second kappa shape index (κ2) is 5.34. The van der Waals surface area contributed by atoms with Crippen molar-refractivity contribution in [3.63, 3.8) is 0 Å². The predicted octanol–water partition coefficient (Wildman–Crippen LogP) is 2.62. The standard InChI is InChI=1S/C16H18ClNO3/c1-9-7-18(8-13(9)16(20)21)15(19)12-6-11(12)10-4-2-3-5-14(10)17/h2-5,9,11-13H,6-8H2,1H3,(H,20,21)/t9-,11?,12?,13-/m1/s1. The zero-order valence-electron chi connectivity index (χ0n) is 11.8. The van der Waals surface area contributed by atoms with Crippen molar-refractivity contribution in [2.45, 2.75) is 19.3 Å². The maximum Gasteiger partial charge on any atom is 0.308 e. The first-order valence-electron chi connectivity index (χ1n) is 7.25. The molecule has 2 fully saturated rings. The van der Waals surface area contributed by atoms with Crippen LogP contribution in [0, 0.1) is 17.8 Å². The van der Waals surface area contributed by atoms with Gasteiger partial charge in [0, 0.05) is 24.0 Å². The van der Waals surface area contributed by atoms with Crippen molar-refractivity contribution in [2.24, 2.45) is 17.8 Å². The number of halogens is 1. The van der Waals surface area contributed by atoms with Gasteiger partial charge in [0.25, 0.3) is 0 Å². The van der Waals surface area contributed by atoms with Gasteiger partial charge in [0.1, 0.15) is 0 Å². The summed E-state index contributed by atoms with van der Waals surface area (Å²) in [6.07, 6.45) is 0.811. The lowest BCUT2D eigenvalue weighted by Crippen LogP contribution is -2.31. The molecule has 2 aliphatic rings. The zero-order valence-corrected chi connectivity index (χ0v) is 12.6. The minimum absolute atomic E-state index is 0.0176. The number of rotatable bonds is 3. The van der Waals surface area contributed by atoms with E-state index in [1.165, 1.54) is 0 Å². The summed E-state index contributed by atoms with van der Waals surface area (Å²) in [4.78, 5) is 25.4. The van der Waals surface area contributed by atoms with E-state index in [2.05, 4.69) is 0 Å². The molecule has 1 aromatic rings. The Balaban J connectivity index is 1.66. The van der Waals surface area contributed by atoms with Gasteiger partial charge in [-0.25, -0.2) is 0 Å². The molecular weight excluding hydrogens is 290 g/mol. The van der Waals surface area contributed by atoms with E-state index in [0.717, 1.165) is 12.0 Å². The monoisotopic (exact) mass is 307 g/mol. The van der Waals surface area contributed by atoms with E-state index in [1.807, 2.05) is 31.2 Å². The quantitative estimate of drug-likeness (QED) is 0.934. The number of carboxylic acid groups (broad SMARTS) is 1. The highest BCUT2D eigenvalue weighted by Gasteiger charge is 2.49. The molecule has 21 heavy (non-hydrogen) atoms. The van der Waals surface area contributed by atoms with Crippen molar-refractivity contribution in [1.82, 2.24) is 4.90 Å². The molecule has 0 radical (unpaired) electrons. The van der Waals surface area contributed by atoms with Gasteiger partial charge < -0.3 is 10.0 Å². The number of amides is 1. The number of carbonyl (C=O) groups excluding carboxylic acids is 1. The Morgan fingerprint density at radius 1 is 1.24 bits per heavy atom. The van der Waals surface area contributed by atoms with E-state index in [4.69, 9.17) is 16.7 Å². The van der Waals surface area contributed by atoms with Crippen LogP contribution in [0.4, 0.5) is 0 Å². The molecule has 3 rings (SSSR count). The summed E-state index contributed by atoms with van der Waals surface area (Å²) < 4.78 is 0. The molecule has 2 unspecified atom stereocenters. The number of nitrogens with zero attached hydrogens (tertiary/aromatic N) is 1. The van der Waals surface area contributed by atoms with Gasteiger partial charge in [0.05, 0.1) is 5.92 Å². The highest BCUT2D eigenvalue weighted by Crippen LogP contribution is 2.50. The number of benzene rings is 1. The smallest absolute Gasteiger partial charge is 0.308 e. The Hall–Kier alpha value is -1.55. The molecule has 1 aliphatic heterocycles.